The Balaban J connectivity index is 1.86. The number of fused-ring (bicyclic) bond motifs is 2. The van der Waals surface area contributed by atoms with Gasteiger partial charge in [0.25, 0.3) is 0 Å². The van der Waals surface area contributed by atoms with E-state index in [1.54, 1.807) is 22.7 Å². The summed E-state index contributed by atoms with van der Waals surface area (Å²) in [5, 5.41) is 17.8. The monoisotopic (exact) mass is 497 g/mol. The van der Waals surface area contributed by atoms with E-state index in [9.17, 15) is 22.7 Å². The minimum atomic E-state index is -3.97. The first-order chi connectivity index (χ1) is 16.1. The Bertz CT molecular complexity index is 1080. The van der Waals surface area contributed by atoms with Crippen LogP contribution in [0.4, 0.5) is 4.39 Å². The number of benzene rings is 1. The van der Waals surface area contributed by atoms with Crippen LogP contribution in [0.5, 0.6) is 0 Å². The fraction of sp³-hybridized carbons (Fsp3) is 0.591. The van der Waals surface area contributed by atoms with Gasteiger partial charge in [0.15, 0.2) is 0 Å². The number of carbonyl (C=O) groups is 1. The fourth-order valence-electron chi connectivity index (χ4n) is 3.85. The van der Waals surface area contributed by atoms with E-state index < -0.39 is 28.0 Å². The van der Waals surface area contributed by atoms with Crippen LogP contribution in [0, 0.1) is 11.7 Å². The second-order valence-electron chi connectivity index (χ2n) is 8.72. The quantitative estimate of drug-likeness (QED) is 0.638. The molecule has 0 saturated carbocycles. The lowest BCUT2D eigenvalue weighted by atomic mass is 10.0. The van der Waals surface area contributed by atoms with Gasteiger partial charge in [-0.05, 0) is 31.5 Å². The molecule has 2 heterocycles. The number of ether oxygens (including phenoxy) is 1. The molecular weight excluding hydrogens is 465 g/mol. The second-order valence-corrected chi connectivity index (χ2v) is 10.8. The van der Waals surface area contributed by atoms with Crippen molar-refractivity contribution in [2.24, 2.45) is 5.92 Å². The number of amides is 1. The molecule has 2 bridgehead atoms. The lowest BCUT2D eigenvalue weighted by Gasteiger charge is -2.35. The van der Waals surface area contributed by atoms with E-state index in [2.05, 4.69) is 10.3 Å². The molecule has 0 fully saturated rings. The van der Waals surface area contributed by atoms with Crippen LogP contribution in [-0.2, 0) is 32.7 Å². The van der Waals surface area contributed by atoms with Crippen LogP contribution in [0.3, 0.4) is 0 Å². The molecule has 1 amide bonds. The van der Waals surface area contributed by atoms with Gasteiger partial charge in [-0.25, -0.2) is 12.8 Å². The van der Waals surface area contributed by atoms with Crippen molar-refractivity contribution in [1.29, 1.82) is 0 Å². The van der Waals surface area contributed by atoms with E-state index >= 15 is 0 Å². The molecule has 0 spiro atoms. The van der Waals surface area contributed by atoms with E-state index in [0.717, 1.165) is 10.4 Å². The molecule has 0 saturated heterocycles. The van der Waals surface area contributed by atoms with Crippen molar-refractivity contribution in [3.63, 3.8) is 0 Å². The van der Waals surface area contributed by atoms with Gasteiger partial charge in [-0.1, -0.05) is 18.2 Å². The van der Waals surface area contributed by atoms with Crippen molar-refractivity contribution in [2.45, 2.75) is 56.9 Å². The van der Waals surface area contributed by atoms with Crippen molar-refractivity contribution in [3.8, 4) is 0 Å². The van der Waals surface area contributed by atoms with Gasteiger partial charge < -0.3 is 14.7 Å². The molecule has 0 unspecified atom stereocenters. The van der Waals surface area contributed by atoms with E-state index in [4.69, 9.17) is 4.74 Å². The number of hydrogen-bond donors (Lipinski definition) is 1. The Labute approximate surface area is 199 Å². The van der Waals surface area contributed by atoms with E-state index in [-0.39, 0.29) is 49.4 Å². The van der Waals surface area contributed by atoms with Gasteiger partial charge in [0.2, 0.25) is 15.9 Å². The average molecular weight is 498 g/mol. The highest BCUT2D eigenvalue weighted by molar-refractivity contribution is 7.89. The zero-order chi connectivity index (χ0) is 24.9. The number of aryl methyl sites for hydroxylation is 1. The smallest absolute Gasteiger partial charge is 0.243 e. The van der Waals surface area contributed by atoms with Crippen LogP contribution in [0.15, 0.2) is 35.4 Å². The molecule has 1 N–H and O–H groups in total. The predicted molar refractivity (Wildman–Crippen MR) is 121 cm³/mol. The molecule has 0 radical (unpaired) electrons. The van der Waals surface area contributed by atoms with Crippen LogP contribution in [0.1, 0.15) is 32.4 Å². The Hall–Kier alpha value is -2.41. The first-order valence-corrected chi connectivity index (χ1v) is 12.7. The third-order valence-corrected chi connectivity index (χ3v) is 7.81. The Morgan fingerprint density at radius 1 is 1.38 bits per heavy atom. The molecule has 188 valence electrons. The summed E-state index contributed by atoms with van der Waals surface area (Å²) in [6, 6.07) is 4.44. The Kier molecular flexibility index (Phi) is 8.74. The van der Waals surface area contributed by atoms with Crippen LogP contribution in [0.25, 0.3) is 0 Å². The Morgan fingerprint density at radius 3 is 2.85 bits per heavy atom. The molecule has 1 aromatic carbocycles. The number of sulfonamides is 1. The lowest BCUT2D eigenvalue weighted by Crippen LogP contribution is -2.47. The third kappa shape index (κ3) is 6.38. The molecular formula is C22H32FN5O5S. The van der Waals surface area contributed by atoms with Gasteiger partial charge >= 0.3 is 0 Å². The van der Waals surface area contributed by atoms with E-state index in [1.807, 2.05) is 6.92 Å². The predicted octanol–water partition coefficient (Wildman–Crippen LogP) is 1.26. The zero-order valence-corrected chi connectivity index (χ0v) is 20.5. The summed E-state index contributed by atoms with van der Waals surface area (Å²) in [5.74, 6) is -1.03. The van der Waals surface area contributed by atoms with Crippen molar-refractivity contribution in [3.05, 3.63) is 42.0 Å². The number of aromatic nitrogens is 3. The maximum atomic E-state index is 13.6. The van der Waals surface area contributed by atoms with E-state index in [0.29, 0.717) is 18.7 Å². The highest BCUT2D eigenvalue weighted by Crippen LogP contribution is 2.21. The normalized spacial score (nSPS) is 21.6. The average Bonchev–Trinajstić information content (AvgIpc) is 3.26. The summed E-state index contributed by atoms with van der Waals surface area (Å²) < 4.78 is 48.6. The number of nitrogens with zero attached hydrogens (tertiary/aromatic N) is 5. The number of carbonyl (C=O) groups excluding carboxylic acids is 1. The number of aliphatic hydroxyl groups is 1. The number of aliphatic hydroxyl groups excluding tert-OH is 1. The zero-order valence-electron chi connectivity index (χ0n) is 19.7. The summed E-state index contributed by atoms with van der Waals surface area (Å²) >= 11 is 0. The van der Waals surface area contributed by atoms with Gasteiger partial charge in [0.05, 0.1) is 36.5 Å². The number of hydrogen-bond acceptors (Lipinski definition) is 7. The SMILES string of the molecule is C[C@H]1CN([C@@H](C)CO)C(=O)CCCn2cc(nn2)CO[C@H]1CN(C)S(=O)(=O)c1cccc(F)c1. The molecule has 3 rings (SSSR count). The van der Waals surface area contributed by atoms with Crippen molar-refractivity contribution in [1.82, 2.24) is 24.2 Å². The minimum absolute atomic E-state index is 0.0241. The molecule has 34 heavy (non-hydrogen) atoms. The van der Waals surface area contributed by atoms with Crippen LogP contribution in [-0.4, -0.2) is 82.5 Å². The van der Waals surface area contributed by atoms with Gasteiger partial charge in [-0.2, -0.15) is 4.31 Å². The summed E-state index contributed by atoms with van der Waals surface area (Å²) in [6.45, 7) is 4.34. The van der Waals surface area contributed by atoms with Gasteiger partial charge in [-0.3, -0.25) is 9.48 Å². The van der Waals surface area contributed by atoms with Gasteiger partial charge in [0, 0.05) is 39.0 Å². The molecule has 0 aliphatic carbocycles. The highest BCUT2D eigenvalue weighted by atomic mass is 32.2. The van der Waals surface area contributed by atoms with Crippen molar-refractivity contribution in [2.75, 3.05) is 26.7 Å². The molecule has 12 heteroatoms. The highest BCUT2D eigenvalue weighted by Gasteiger charge is 2.31. The third-order valence-electron chi connectivity index (χ3n) is 5.99. The summed E-state index contributed by atoms with van der Waals surface area (Å²) in [4.78, 5) is 14.4. The van der Waals surface area contributed by atoms with Crippen molar-refractivity contribution >= 4 is 15.9 Å². The largest absolute Gasteiger partial charge is 0.394 e. The lowest BCUT2D eigenvalue weighted by molar-refractivity contribution is -0.136. The minimum Gasteiger partial charge on any atom is -0.394 e. The molecule has 1 aromatic heterocycles. The van der Waals surface area contributed by atoms with Crippen LogP contribution in [0.2, 0.25) is 0 Å². The molecule has 3 atom stereocenters. The van der Waals surface area contributed by atoms with Gasteiger partial charge in [0.1, 0.15) is 11.5 Å². The van der Waals surface area contributed by atoms with Crippen LogP contribution < -0.4 is 0 Å². The Morgan fingerprint density at radius 2 is 2.15 bits per heavy atom. The standard InChI is InChI=1S/C22H32FN5O5S/c1-16-11-28(17(2)14-29)22(30)8-5-9-27-12-19(24-25-27)15-33-21(16)13-26(3)34(31,32)20-7-4-6-18(23)10-20/h4,6-7,10,12,16-17,21,29H,5,8-9,11,13-15H2,1-3H3/t16-,17-,21-/m0/s1. The second kappa shape index (κ2) is 11.3. The summed E-state index contributed by atoms with van der Waals surface area (Å²) in [7, 11) is -2.56. The fourth-order valence-corrected chi connectivity index (χ4v) is 5.07. The molecule has 1 aliphatic heterocycles. The number of rotatable bonds is 6. The van der Waals surface area contributed by atoms with Crippen LogP contribution >= 0.6 is 0 Å². The molecule has 2 aromatic rings. The maximum Gasteiger partial charge on any atom is 0.243 e. The summed E-state index contributed by atoms with van der Waals surface area (Å²) in [6.07, 6.45) is 1.99. The number of likely N-dealkylation sites (N-methyl/N-ethyl adjacent to an activating group) is 1. The van der Waals surface area contributed by atoms with E-state index in [1.165, 1.54) is 25.2 Å². The number of halogens is 1. The first-order valence-electron chi connectivity index (χ1n) is 11.2. The molecule has 10 nitrogen and oxygen atoms in total. The first kappa shape index (κ1) is 26.2. The van der Waals surface area contributed by atoms with Crippen molar-refractivity contribution < 1.29 is 27.4 Å². The topological polar surface area (TPSA) is 118 Å². The summed E-state index contributed by atoms with van der Waals surface area (Å²) in [5.41, 5.74) is 0.596. The molecule has 1 aliphatic rings. The maximum absolute atomic E-state index is 13.6. The van der Waals surface area contributed by atoms with Gasteiger partial charge in [-0.15, -0.1) is 5.10 Å².